The molecule has 2 N–H and O–H groups in total. The van der Waals surface area contributed by atoms with Crippen LogP contribution >= 0.6 is 0 Å². The summed E-state index contributed by atoms with van der Waals surface area (Å²) in [7, 11) is 1.61. The van der Waals surface area contributed by atoms with Crippen molar-refractivity contribution in [2.75, 3.05) is 7.11 Å². The van der Waals surface area contributed by atoms with Gasteiger partial charge in [-0.05, 0) is 28.8 Å². The Bertz CT molecular complexity index is 1200. The first kappa shape index (κ1) is 23.1. The van der Waals surface area contributed by atoms with E-state index in [4.69, 9.17) is 25.0 Å². The molecule has 0 spiro atoms. The van der Waals surface area contributed by atoms with E-state index >= 15 is 0 Å². The second kappa shape index (κ2) is 11.2. The van der Waals surface area contributed by atoms with Crippen LogP contribution in [-0.2, 0) is 18.1 Å². The van der Waals surface area contributed by atoms with Gasteiger partial charge in [0.15, 0.2) is 11.9 Å². The molecule has 0 fully saturated rings. The van der Waals surface area contributed by atoms with Gasteiger partial charge in [0.25, 0.3) is 0 Å². The molecule has 7 nitrogen and oxygen atoms in total. The fraction of sp³-hybridized carbons (Fsp3) is 0.148. The van der Waals surface area contributed by atoms with Crippen LogP contribution in [0.3, 0.4) is 0 Å². The smallest absolute Gasteiger partial charge is 0.224 e. The second-order valence-electron chi connectivity index (χ2n) is 7.57. The Balaban J connectivity index is 1.65. The molecule has 0 aliphatic rings. The number of methoxy groups -OCH3 is 1. The Labute approximate surface area is 197 Å². The highest BCUT2D eigenvalue weighted by molar-refractivity contribution is 5.31. The van der Waals surface area contributed by atoms with Crippen LogP contribution in [0.4, 0.5) is 0 Å². The van der Waals surface area contributed by atoms with E-state index in [2.05, 4.69) is 0 Å². The molecular weight excluding hydrogens is 432 g/mol. The largest absolute Gasteiger partial charge is 0.497 e. The molecule has 0 aliphatic heterocycles. The third-order valence-corrected chi connectivity index (χ3v) is 5.27. The zero-order valence-corrected chi connectivity index (χ0v) is 18.8. The van der Waals surface area contributed by atoms with Gasteiger partial charge in [0, 0.05) is 6.07 Å². The molecule has 0 radical (unpaired) electrons. The molecule has 0 saturated carbocycles. The molecule has 4 aromatic rings. The van der Waals surface area contributed by atoms with Crippen molar-refractivity contribution in [3.8, 4) is 11.5 Å². The topological polar surface area (TPSA) is 84.9 Å². The summed E-state index contributed by atoms with van der Waals surface area (Å²) in [6.45, 7) is 0.205. The second-order valence-corrected chi connectivity index (χ2v) is 7.57. The Kier molecular flexibility index (Phi) is 7.60. The van der Waals surface area contributed by atoms with E-state index in [9.17, 15) is 4.79 Å². The van der Waals surface area contributed by atoms with Crippen molar-refractivity contribution >= 4 is 0 Å². The minimum absolute atomic E-state index is 0.00962. The maximum absolute atomic E-state index is 12.7. The number of benzene rings is 3. The van der Waals surface area contributed by atoms with Crippen molar-refractivity contribution in [2.24, 2.45) is 5.90 Å². The Morgan fingerprint density at radius 2 is 1.47 bits per heavy atom. The van der Waals surface area contributed by atoms with Crippen molar-refractivity contribution in [3.63, 3.8) is 0 Å². The van der Waals surface area contributed by atoms with E-state index < -0.39 is 6.10 Å². The maximum Gasteiger partial charge on any atom is 0.224 e. The minimum atomic E-state index is -0.434. The van der Waals surface area contributed by atoms with Crippen LogP contribution in [0.1, 0.15) is 28.5 Å². The van der Waals surface area contributed by atoms with Crippen LogP contribution in [0.5, 0.6) is 11.5 Å². The lowest BCUT2D eigenvalue weighted by atomic mass is 10.0. The predicted octanol–water partition coefficient (Wildman–Crippen LogP) is 4.04. The molecule has 3 aromatic carbocycles. The fourth-order valence-corrected chi connectivity index (χ4v) is 3.50. The first-order valence-corrected chi connectivity index (χ1v) is 10.8. The van der Waals surface area contributed by atoms with Crippen molar-refractivity contribution in [1.29, 1.82) is 0 Å². The molecule has 0 amide bonds. The molecule has 4 rings (SSSR count). The third-order valence-electron chi connectivity index (χ3n) is 5.27. The summed E-state index contributed by atoms with van der Waals surface area (Å²) in [5.41, 5.74) is 2.96. The number of hydrogen-bond donors (Lipinski definition) is 1. The van der Waals surface area contributed by atoms with Gasteiger partial charge < -0.3 is 14.3 Å². The number of rotatable bonds is 10. The lowest BCUT2D eigenvalue weighted by molar-refractivity contribution is 0.0334. The molecule has 7 heteroatoms. The minimum Gasteiger partial charge on any atom is -0.497 e. The lowest BCUT2D eigenvalue weighted by Gasteiger charge is -2.23. The molecule has 0 aliphatic carbocycles. The number of hydrogen-bond acceptors (Lipinski definition) is 6. The molecule has 1 aromatic heterocycles. The molecule has 34 heavy (non-hydrogen) atoms. The van der Waals surface area contributed by atoms with E-state index in [1.165, 1.54) is 17.0 Å². The van der Waals surface area contributed by atoms with Gasteiger partial charge in [-0.2, -0.15) is 4.73 Å². The monoisotopic (exact) mass is 458 g/mol. The summed E-state index contributed by atoms with van der Waals surface area (Å²) >= 11 is 0. The normalized spacial score (nSPS) is 10.8. The standard InChI is InChI=1S/C27H26N2O5/c1-31-24-14-12-20(13-15-24)18-32-26-17-29(23(19-33-28)16-25(26)30)34-27(21-8-4-2-5-9-21)22-10-6-3-7-11-22/h2-17,27H,18-19,28H2,1H3. The summed E-state index contributed by atoms with van der Waals surface area (Å²) in [6.07, 6.45) is 1.09. The SMILES string of the molecule is COc1ccc(COc2cn(OC(c3ccccc3)c3ccccc3)c(CON)cc2=O)cc1. The van der Waals surface area contributed by atoms with Crippen LogP contribution in [0.15, 0.2) is 102 Å². The zero-order chi connectivity index (χ0) is 23.8. The summed E-state index contributed by atoms with van der Waals surface area (Å²) in [4.78, 5) is 23.9. The van der Waals surface area contributed by atoms with E-state index in [1.807, 2.05) is 84.9 Å². The maximum atomic E-state index is 12.7. The first-order chi connectivity index (χ1) is 16.7. The number of aromatic nitrogens is 1. The summed E-state index contributed by atoms with van der Waals surface area (Å²) in [5, 5.41) is 0. The van der Waals surface area contributed by atoms with E-state index in [1.54, 1.807) is 7.11 Å². The van der Waals surface area contributed by atoms with Gasteiger partial charge in [0.1, 0.15) is 19.0 Å². The third kappa shape index (κ3) is 5.64. The van der Waals surface area contributed by atoms with Crippen LogP contribution in [0, 0.1) is 0 Å². The average Bonchev–Trinajstić information content (AvgIpc) is 2.89. The van der Waals surface area contributed by atoms with E-state index in [0.717, 1.165) is 22.4 Å². The van der Waals surface area contributed by atoms with Gasteiger partial charge >= 0.3 is 0 Å². The van der Waals surface area contributed by atoms with Crippen LogP contribution in [-0.4, -0.2) is 11.8 Å². The van der Waals surface area contributed by atoms with Gasteiger partial charge in [-0.1, -0.05) is 72.8 Å². The molecular formula is C27H26N2O5. The van der Waals surface area contributed by atoms with Crippen LogP contribution in [0.25, 0.3) is 0 Å². The van der Waals surface area contributed by atoms with Crippen molar-refractivity contribution in [1.82, 2.24) is 4.73 Å². The van der Waals surface area contributed by atoms with E-state index in [0.29, 0.717) is 5.69 Å². The highest BCUT2D eigenvalue weighted by atomic mass is 16.7. The predicted molar refractivity (Wildman–Crippen MR) is 128 cm³/mol. The number of ether oxygens (including phenoxy) is 2. The zero-order valence-electron chi connectivity index (χ0n) is 18.8. The summed E-state index contributed by atoms with van der Waals surface area (Å²) in [5.74, 6) is 6.21. The Morgan fingerprint density at radius 3 is 2.03 bits per heavy atom. The highest BCUT2D eigenvalue weighted by Gasteiger charge is 2.19. The van der Waals surface area contributed by atoms with Crippen molar-refractivity contribution in [3.05, 3.63) is 130 Å². The summed E-state index contributed by atoms with van der Waals surface area (Å²) in [6, 6.07) is 28.5. The quantitative estimate of drug-likeness (QED) is 0.361. The Hall–Kier alpha value is -4.07. The number of nitrogens with two attached hydrogens (primary N) is 1. The first-order valence-electron chi connectivity index (χ1n) is 10.8. The van der Waals surface area contributed by atoms with E-state index in [-0.39, 0.29) is 24.4 Å². The molecule has 0 bridgehead atoms. The molecule has 174 valence electrons. The Morgan fingerprint density at radius 1 is 0.853 bits per heavy atom. The van der Waals surface area contributed by atoms with Crippen molar-refractivity contribution < 1.29 is 19.1 Å². The van der Waals surface area contributed by atoms with Gasteiger partial charge in [-0.15, -0.1) is 0 Å². The highest BCUT2D eigenvalue weighted by Crippen LogP contribution is 2.24. The van der Waals surface area contributed by atoms with Gasteiger partial charge in [-0.25, -0.2) is 5.90 Å². The van der Waals surface area contributed by atoms with Crippen LogP contribution < -0.4 is 25.6 Å². The summed E-state index contributed by atoms with van der Waals surface area (Å²) < 4.78 is 12.5. The number of pyridine rings is 1. The van der Waals surface area contributed by atoms with Crippen molar-refractivity contribution in [2.45, 2.75) is 19.3 Å². The average molecular weight is 459 g/mol. The molecule has 0 atom stereocenters. The molecule has 0 saturated heterocycles. The molecule has 1 heterocycles. The number of nitrogens with zero attached hydrogens (tertiary/aromatic N) is 1. The lowest BCUT2D eigenvalue weighted by Crippen LogP contribution is -2.25. The van der Waals surface area contributed by atoms with Gasteiger partial charge in [-0.3, -0.25) is 9.63 Å². The van der Waals surface area contributed by atoms with Gasteiger partial charge in [0.05, 0.1) is 19.0 Å². The fourth-order valence-electron chi connectivity index (χ4n) is 3.50. The van der Waals surface area contributed by atoms with Crippen LogP contribution in [0.2, 0.25) is 0 Å². The molecule has 0 unspecified atom stereocenters. The van der Waals surface area contributed by atoms with Gasteiger partial charge in [0.2, 0.25) is 5.43 Å².